The summed E-state index contributed by atoms with van der Waals surface area (Å²) >= 11 is 0. The Bertz CT molecular complexity index is 517. The third kappa shape index (κ3) is 2.39. The van der Waals surface area contributed by atoms with Gasteiger partial charge in [0.25, 0.3) is 0 Å². The first-order chi connectivity index (χ1) is 8.11. The number of halogens is 1. The summed E-state index contributed by atoms with van der Waals surface area (Å²) in [6, 6.07) is 8.43. The van der Waals surface area contributed by atoms with Crippen LogP contribution in [0.3, 0.4) is 0 Å². The lowest BCUT2D eigenvalue weighted by Gasteiger charge is -2.03. The molecule has 0 spiro atoms. The average molecular weight is 234 g/mol. The van der Waals surface area contributed by atoms with E-state index in [1.54, 1.807) is 31.2 Å². The van der Waals surface area contributed by atoms with Gasteiger partial charge < -0.3 is 9.52 Å². The van der Waals surface area contributed by atoms with Gasteiger partial charge in [0.2, 0.25) is 0 Å². The molecule has 0 amide bonds. The van der Waals surface area contributed by atoms with E-state index in [1.165, 1.54) is 6.07 Å². The van der Waals surface area contributed by atoms with Gasteiger partial charge in [-0.1, -0.05) is 19.1 Å². The normalized spacial score (nSPS) is 12.7. The lowest BCUT2D eigenvalue weighted by atomic mass is 10.1. The van der Waals surface area contributed by atoms with Gasteiger partial charge in [0.05, 0.1) is 0 Å². The minimum Gasteiger partial charge on any atom is -0.458 e. The number of aryl methyl sites for hydroxylation is 1. The fourth-order valence-corrected chi connectivity index (χ4v) is 1.63. The minimum atomic E-state index is -0.598. The van der Waals surface area contributed by atoms with Crippen molar-refractivity contribution in [3.8, 4) is 11.3 Å². The van der Waals surface area contributed by atoms with Crippen molar-refractivity contribution in [2.24, 2.45) is 0 Å². The van der Waals surface area contributed by atoms with E-state index in [4.69, 9.17) is 4.42 Å². The van der Waals surface area contributed by atoms with E-state index in [1.807, 2.05) is 6.92 Å². The Morgan fingerprint density at radius 1 is 1.29 bits per heavy atom. The summed E-state index contributed by atoms with van der Waals surface area (Å²) in [7, 11) is 0. The number of rotatable bonds is 3. The van der Waals surface area contributed by atoms with Crippen LogP contribution in [-0.4, -0.2) is 5.11 Å². The molecule has 0 saturated carbocycles. The van der Waals surface area contributed by atoms with Crippen molar-refractivity contribution in [1.82, 2.24) is 0 Å². The largest absolute Gasteiger partial charge is 0.458 e. The lowest BCUT2D eigenvalue weighted by molar-refractivity contribution is 0.147. The first kappa shape index (κ1) is 11.9. The molecule has 0 aliphatic heterocycles. The summed E-state index contributed by atoms with van der Waals surface area (Å²) < 4.78 is 18.9. The second-order valence-electron chi connectivity index (χ2n) is 4.09. The van der Waals surface area contributed by atoms with E-state index >= 15 is 0 Å². The highest BCUT2D eigenvalue weighted by atomic mass is 19.1. The standard InChI is InChI=1S/C14H15FO2/c1-3-12(16)14-7-6-13(17-14)10-5-4-9(2)11(15)8-10/h4-8,12,16H,3H2,1-2H3. The van der Waals surface area contributed by atoms with Crippen molar-refractivity contribution in [3.05, 3.63) is 47.5 Å². The number of hydrogen-bond acceptors (Lipinski definition) is 2. The van der Waals surface area contributed by atoms with Gasteiger partial charge in [-0.3, -0.25) is 0 Å². The Hall–Kier alpha value is -1.61. The van der Waals surface area contributed by atoms with Crippen molar-refractivity contribution >= 4 is 0 Å². The van der Waals surface area contributed by atoms with E-state index in [0.717, 1.165) is 0 Å². The number of benzene rings is 1. The van der Waals surface area contributed by atoms with E-state index in [9.17, 15) is 9.50 Å². The highest BCUT2D eigenvalue weighted by molar-refractivity contribution is 5.58. The molecule has 3 heteroatoms. The monoisotopic (exact) mass is 234 g/mol. The second-order valence-corrected chi connectivity index (χ2v) is 4.09. The summed E-state index contributed by atoms with van der Waals surface area (Å²) in [5.41, 5.74) is 1.29. The smallest absolute Gasteiger partial charge is 0.134 e. The molecule has 2 rings (SSSR count). The third-order valence-corrected chi connectivity index (χ3v) is 2.80. The van der Waals surface area contributed by atoms with Crippen LogP contribution in [0.1, 0.15) is 30.8 Å². The van der Waals surface area contributed by atoms with Gasteiger partial charge in [0.15, 0.2) is 0 Å². The van der Waals surface area contributed by atoms with Crippen LogP contribution in [0.25, 0.3) is 11.3 Å². The van der Waals surface area contributed by atoms with Crippen LogP contribution in [0.15, 0.2) is 34.7 Å². The Balaban J connectivity index is 2.33. The molecule has 1 heterocycles. The molecule has 90 valence electrons. The van der Waals surface area contributed by atoms with Gasteiger partial charge in [-0.05, 0) is 37.1 Å². The molecule has 0 fully saturated rings. The molecule has 2 aromatic rings. The molecule has 0 saturated heterocycles. The van der Waals surface area contributed by atoms with Crippen molar-refractivity contribution in [2.75, 3.05) is 0 Å². The van der Waals surface area contributed by atoms with Gasteiger partial charge >= 0.3 is 0 Å². The molecule has 1 aromatic heterocycles. The SMILES string of the molecule is CCC(O)c1ccc(-c2ccc(C)c(F)c2)o1. The predicted molar refractivity (Wildman–Crippen MR) is 64.1 cm³/mol. The molecule has 17 heavy (non-hydrogen) atoms. The zero-order valence-electron chi connectivity index (χ0n) is 9.90. The van der Waals surface area contributed by atoms with Crippen molar-refractivity contribution in [3.63, 3.8) is 0 Å². The number of furan rings is 1. The molecule has 0 bridgehead atoms. The quantitative estimate of drug-likeness (QED) is 0.875. The third-order valence-electron chi connectivity index (χ3n) is 2.80. The highest BCUT2D eigenvalue weighted by Gasteiger charge is 2.11. The van der Waals surface area contributed by atoms with Gasteiger partial charge in [0.1, 0.15) is 23.4 Å². The maximum absolute atomic E-state index is 13.4. The van der Waals surface area contributed by atoms with E-state index in [0.29, 0.717) is 29.1 Å². The van der Waals surface area contributed by atoms with Crippen LogP contribution in [0.2, 0.25) is 0 Å². The van der Waals surface area contributed by atoms with Crippen LogP contribution in [-0.2, 0) is 0 Å². The number of hydrogen-bond donors (Lipinski definition) is 1. The maximum atomic E-state index is 13.4. The molecule has 2 nitrogen and oxygen atoms in total. The zero-order valence-corrected chi connectivity index (χ0v) is 9.90. The zero-order chi connectivity index (χ0) is 12.4. The average Bonchev–Trinajstić information content (AvgIpc) is 2.81. The maximum Gasteiger partial charge on any atom is 0.134 e. The number of aliphatic hydroxyl groups excluding tert-OH is 1. The highest BCUT2D eigenvalue weighted by Crippen LogP contribution is 2.27. The summed E-state index contributed by atoms with van der Waals surface area (Å²) in [6.45, 7) is 3.59. The second kappa shape index (κ2) is 4.72. The number of aliphatic hydroxyl groups is 1. The van der Waals surface area contributed by atoms with E-state index in [-0.39, 0.29) is 5.82 Å². The Morgan fingerprint density at radius 3 is 2.71 bits per heavy atom. The summed E-state index contributed by atoms with van der Waals surface area (Å²) in [5, 5.41) is 9.62. The molecule has 0 aliphatic rings. The van der Waals surface area contributed by atoms with Gasteiger partial charge in [-0.25, -0.2) is 4.39 Å². The van der Waals surface area contributed by atoms with Crippen molar-refractivity contribution < 1.29 is 13.9 Å². The molecule has 1 unspecified atom stereocenters. The van der Waals surface area contributed by atoms with Gasteiger partial charge in [0, 0.05) is 5.56 Å². The molecule has 0 aliphatic carbocycles. The molecule has 1 atom stereocenters. The molecule has 0 radical (unpaired) electrons. The summed E-state index contributed by atoms with van der Waals surface area (Å²) in [6.07, 6.45) is -0.00563. The Kier molecular flexibility index (Phi) is 3.29. The summed E-state index contributed by atoms with van der Waals surface area (Å²) in [4.78, 5) is 0. The van der Waals surface area contributed by atoms with Crippen LogP contribution < -0.4 is 0 Å². The van der Waals surface area contributed by atoms with Crippen molar-refractivity contribution in [1.29, 1.82) is 0 Å². The lowest BCUT2D eigenvalue weighted by Crippen LogP contribution is -1.91. The van der Waals surface area contributed by atoms with E-state index in [2.05, 4.69) is 0 Å². The minimum absolute atomic E-state index is 0.253. The van der Waals surface area contributed by atoms with Crippen LogP contribution >= 0.6 is 0 Å². The van der Waals surface area contributed by atoms with Crippen molar-refractivity contribution in [2.45, 2.75) is 26.4 Å². The Labute approximate surface area is 99.7 Å². The van der Waals surface area contributed by atoms with Crippen LogP contribution in [0.5, 0.6) is 0 Å². The predicted octanol–water partition coefficient (Wildman–Crippen LogP) is 3.84. The first-order valence-corrected chi connectivity index (χ1v) is 5.66. The summed E-state index contributed by atoms with van der Waals surface area (Å²) in [5.74, 6) is 0.839. The van der Waals surface area contributed by atoms with Gasteiger partial charge in [-0.15, -0.1) is 0 Å². The fourth-order valence-electron chi connectivity index (χ4n) is 1.63. The molecular weight excluding hydrogens is 219 g/mol. The van der Waals surface area contributed by atoms with Gasteiger partial charge in [-0.2, -0.15) is 0 Å². The topological polar surface area (TPSA) is 33.4 Å². The van der Waals surface area contributed by atoms with Crippen LogP contribution in [0.4, 0.5) is 4.39 Å². The molecule has 1 aromatic carbocycles. The first-order valence-electron chi connectivity index (χ1n) is 5.66. The Morgan fingerprint density at radius 2 is 2.06 bits per heavy atom. The molecule has 1 N–H and O–H groups in total. The van der Waals surface area contributed by atoms with Crippen LogP contribution in [0, 0.1) is 12.7 Å². The van der Waals surface area contributed by atoms with E-state index < -0.39 is 6.10 Å². The fraction of sp³-hybridized carbons (Fsp3) is 0.286. The molecular formula is C14H15FO2.